The number of rotatable bonds is 7. The third-order valence-corrected chi connectivity index (χ3v) is 7.05. The summed E-state index contributed by atoms with van der Waals surface area (Å²) in [5.41, 5.74) is 1.39. The van der Waals surface area contributed by atoms with Gasteiger partial charge in [0.1, 0.15) is 12.4 Å². The number of para-hydroxylation sites is 1. The molecule has 0 radical (unpaired) electrons. The Morgan fingerprint density at radius 1 is 1.05 bits per heavy atom. The van der Waals surface area contributed by atoms with Crippen molar-refractivity contribution in [2.45, 2.75) is 25.2 Å². The standard InChI is InChI=1S/C28H29F3N4O2/c29-28(30,31)21-9-10-25-20(16-21)17-24(27(36)33-18-22-6-4-5-11-32-22)26-19-34(12-13-35(25)26)14-15-37-23-7-2-1-3-8-23/h1-11,16,24,26H,12-15,17-19H2,(H,33,36)/t24-,26-/m0/s1. The Morgan fingerprint density at radius 2 is 1.86 bits per heavy atom. The maximum atomic E-state index is 13.4. The van der Waals surface area contributed by atoms with Crippen LogP contribution in [-0.4, -0.2) is 54.6 Å². The lowest BCUT2D eigenvalue weighted by atomic mass is 9.82. The maximum Gasteiger partial charge on any atom is 0.416 e. The quantitative estimate of drug-likeness (QED) is 0.518. The number of benzene rings is 2. The van der Waals surface area contributed by atoms with Crippen molar-refractivity contribution in [3.63, 3.8) is 0 Å². The molecule has 0 unspecified atom stereocenters. The summed E-state index contributed by atoms with van der Waals surface area (Å²) in [6, 6.07) is 18.8. The monoisotopic (exact) mass is 510 g/mol. The summed E-state index contributed by atoms with van der Waals surface area (Å²) in [5, 5.41) is 2.96. The van der Waals surface area contributed by atoms with Gasteiger partial charge in [-0.1, -0.05) is 24.3 Å². The number of carbonyl (C=O) groups is 1. The molecule has 5 rings (SSSR count). The van der Waals surface area contributed by atoms with Crippen molar-refractivity contribution in [2.75, 3.05) is 37.7 Å². The predicted octanol–water partition coefficient (Wildman–Crippen LogP) is 4.16. The van der Waals surface area contributed by atoms with E-state index in [2.05, 4.69) is 20.1 Å². The summed E-state index contributed by atoms with van der Waals surface area (Å²) in [5.74, 6) is 0.142. The van der Waals surface area contributed by atoms with Crippen molar-refractivity contribution in [3.8, 4) is 5.75 Å². The van der Waals surface area contributed by atoms with Crippen LogP contribution in [0.4, 0.5) is 18.9 Å². The van der Waals surface area contributed by atoms with Crippen LogP contribution in [0.5, 0.6) is 5.75 Å². The summed E-state index contributed by atoms with van der Waals surface area (Å²) < 4.78 is 46.1. The number of aromatic nitrogens is 1. The average Bonchev–Trinajstić information content (AvgIpc) is 2.91. The Balaban J connectivity index is 1.33. The van der Waals surface area contributed by atoms with Crippen molar-refractivity contribution in [3.05, 3.63) is 89.7 Å². The molecular weight excluding hydrogens is 481 g/mol. The number of ether oxygens (including phenoxy) is 1. The molecule has 37 heavy (non-hydrogen) atoms. The highest BCUT2D eigenvalue weighted by molar-refractivity contribution is 5.82. The molecule has 9 heteroatoms. The highest BCUT2D eigenvalue weighted by Crippen LogP contribution is 2.39. The Morgan fingerprint density at radius 3 is 2.62 bits per heavy atom. The fourth-order valence-corrected chi connectivity index (χ4v) is 5.18. The third-order valence-electron chi connectivity index (χ3n) is 7.05. The number of hydrogen-bond donors (Lipinski definition) is 1. The minimum Gasteiger partial charge on any atom is -0.492 e. The molecule has 2 aromatic carbocycles. The molecule has 1 aromatic heterocycles. The van der Waals surface area contributed by atoms with Crippen LogP contribution in [0.15, 0.2) is 72.9 Å². The van der Waals surface area contributed by atoms with E-state index in [1.807, 2.05) is 42.5 Å². The lowest BCUT2D eigenvalue weighted by Gasteiger charge is -2.49. The van der Waals surface area contributed by atoms with E-state index in [9.17, 15) is 18.0 Å². The van der Waals surface area contributed by atoms with Gasteiger partial charge < -0.3 is 15.0 Å². The highest BCUT2D eigenvalue weighted by atomic mass is 19.4. The smallest absolute Gasteiger partial charge is 0.416 e. The highest BCUT2D eigenvalue weighted by Gasteiger charge is 2.42. The van der Waals surface area contributed by atoms with Crippen molar-refractivity contribution in [1.29, 1.82) is 0 Å². The number of nitrogens with zero attached hydrogens (tertiary/aromatic N) is 3. The molecule has 194 valence electrons. The molecule has 0 aliphatic carbocycles. The minimum atomic E-state index is -4.43. The first-order valence-corrected chi connectivity index (χ1v) is 12.4. The van der Waals surface area contributed by atoms with Gasteiger partial charge in [-0.25, -0.2) is 0 Å². The minimum absolute atomic E-state index is 0.154. The fourth-order valence-electron chi connectivity index (χ4n) is 5.18. The predicted molar refractivity (Wildman–Crippen MR) is 134 cm³/mol. The summed E-state index contributed by atoms with van der Waals surface area (Å²) >= 11 is 0. The third kappa shape index (κ3) is 5.88. The van der Waals surface area contributed by atoms with Gasteiger partial charge in [0.25, 0.3) is 0 Å². The zero-order valence-corrected chi connectivity index (χ0v) is 20.3. The molecule has 2 atom stereocenters. The molecule has 1 N–H and O–H groups in total. The van der Waals surface area contributed by atoms with Crippen molar-refractivity contribution in [2.24, 2.45) is 5.92 Å². The number of alkyl halides is 3. The van der Waals surface area contributed by atoms with Crippen molar-refractivity contribution in [1.82, 2.24) is 15.2 Å². The second-order valence-corrected chi connectivity index (χ2v) is 9.41. The van der Waals surface area contributed by atoms with E-state index in [1.165, 1.54) is 6.07 Å². The van der Waals surface area contributed by atoms with Gasteiger partial charge in [0, 0.05) is 38.1 Å². The van der Waals surface area contributed by atoms with Gasteiger partial charge in [-0.15, -0.1) is 0 Å². The number of hydrogen-bond acceptors (Lipinski definition) is 5. The van der Waals surface area contributed by atoms with Crippen LogP contribution in [0.3, 0.4) is 0 Å². The van der Waals surface area contributed by atoms with Gasteiger partial charge in [0.2, 0.25) is 5.91 Å². The van der Waals surface area contributed by atoms with Crippen LogP contribution in [0.2, 0.25) is 0 Å². The van der Waals surface area contributed by atoms with Gasteiger partial charge in [0.05, 0.1) is 29.8 Å². The molecule has 1 saturated heterocycles. The SMILES string of the molecule is O=C(NCc1ccccn1)[C@H]1Cc2cc(C(F)(F)F)ccc2N2CCN(CCOc3ccccc3)C[C@@H]12. The Bertz CT molecular complexity index is 1210. The number of piperazine rings is 1. The van der Waals surface area contributed by atoms with E-state index in [0.717, 1.165) is 29.7 Å². The number of fused-ring (bicyclic) bond motifs is 3. The molecule has 3 aromatic rings. The molecular formula is C28H29F3N4O2. The number of nitrogens with one attached hydrogen (secondary N) is 1. The van der Waals surface area contributed by atoms with Gasteiger partial charge in [-0.05, 0) is 54.4 Å². The first kappa shape index (κ1) is 25.1. The molecule has 0 saturated carbocycles. The van der Waals surface area contributed by atoms with E-state index in [4.69, 9.17) is 4.74 Å². The number of pyridine rings is 1. The molecule has 2 aliphatic rings. The number of anilines is 1. The second kappa shape index (κ2) is 10.8. The lowest BCUT2D eigenvalue weighted by Crippen LogP contribution is -2.61. The van der Waals surface area contributed by atoms with E-state index in [-0.39, 0.29) is 24.9 Å². The van der Waals surface area contributed by atoms with Crippen molar-refractivity contribution >= 4 is 11.6 Å². The van der Waals surface area contributed by atoms with Gasteiger partial charge in [-0.3, -0.25) is 14.7 Å². The summed E-state index contributed by atoms with van der Waals surface area (Å²) in [4.78, 5) is 22.0. The molecule has 1 amide bonds. The van der Waals surface area contributed by atoms with E-state index >= 15 is 0 Å². The van der Waals surface area contributed by atoms with Crippen LogP contribution in [-0.2, 0) is 23.9 Å². The number of halogens is 3. The van der Waals surface area contributed by atoms with E-state index in [1.54, 1.807) is 18.3 Å². The first-order chi connectivity index (χ1) is 17.9. The Hall–Kier alpha value is -3.59. The summed E-state index contributed by atoms with van der Waals surface area (Å²) in [6.45, 7) is 3.46. The lowest BCUT2D eigenvalue weighted by molar-refractivity contribution is -0.137. The zero-order chi connectivity index (χ0) is 25.8. The molecule has 0 spiro atoms. The van der Waals surface area contributed by atoms with Crippen LogP contribution in [0.25, 0.3) is 0 Å². The van der Waals surface area contributed by atoms with Crippen LogP contribution in [0.1, 0.15) is 16.8 Å². The largest absolute Gasteiger partial charge is 0.492 e. The molecule has 2 aliphatic heterocycles. The second-order valence-electron chi connectivity index (χ2n) is 9.41. The van der Waals surface area contributed by atoms with Crippen molar-refractivity contribution < 1.29 is 22.7 Å². The Labute approximate surface area is 214 Å². The molecule has 1 fully saturated rings. The summed E-state index contributed by atoms with van der Waals surface area (Å²) in [7, 11) is 0. The first-order valence-electron chi connectivity index (χ1n) is 12.4. The normalized spacial score (nSPS) is 19.6. The van der Waals surface area contributed by atoms with Crippen LogP contribution < -0.4 is 15.0 Å². The van der Waals surface area contributed by atoms with Gasteiger partial charge >= 0.3 is 6.18 Å². The number of amides is 1. The fraction of sp³-hybridized carbons (Fsp3) is 0.357. The zero-order valence-electron chi connectivity index (χ0n) is 20.3. The average molecular weight is 511 g/mol. The van der Waals surface area contributed by atoms with Gasteiger partial charge in [-0.2, -0.15) is 13.2 Å². The molecule has 0 bridgehead atoms. The summed E-state index contributed by atoms with van der Waals surface area (Å²) in [6.07, 6.45) is -2.52. The topological polar surface area (TPSA) is 57.7 Å². The molecule has 6 nitrogen and oxygen atoms in total. The van der Waals surface area contributed by atoms with Gasteiger partial charge in [0.15, 0.2) is 0 Å². The van der Waals surface area contributed by atoms with E-state index < -0.39 is 17.7 Å². The van der Waals surface area contributed by atoms with Crippen LogP contribution >= 0.6 is 0 Å². The number of carbonyl (C=O) groups excluding carboxylic acids is 1. The maximum absolute atomic E-state index is 13.4. The Kier molecular flexibility index (Phi) is 7.32. The molecule has 3 heterocycles. The van der Waals surface area contributed by atoms with Crippen LogP contribution in [0, 0.1) is 5.92 Å². The van der Waals surface area contributed by atoms with E-state index in [0.29, 0.717) is 31.8 Å².